The van der Waals surface area contributed by atoms with Gasteiger partial charge in [-0.3, -0.25) is 4.79 Å². The number of hydrogen-bond donors (Lipinski definition) is 0. The van der Waals surface area contributed by atoms with E-state index >= 15 is 0 Å². The molecular formula is C17H21N3O2S. The van der Waals surface area contributed by atoms with Gasteiger partial charge in [0.2, 0.25) is 0 Å². The molecule has 1 aliphatic rings. The third-order valence-electron chi connectivity index (χ3n) is 4.15. The van der Waals surface area contributed by atoms with E-state index in [1.54, 1.807) is 13.4 Å². The van der Waals surface area contributed by atoms with E-state index in [1.165, 1.54) is 29.3 Å². The van der Waals surface area contributed by atoms with Crippen LogP contribution in [0.15, 0.2) is 29.7 Å². The van der Waals surface area contributed by atoms with E-state index in [2.05, 4.69) is 22.3 Å². The minimum absolute atomic E-state index is 0.144. The standard InChI is InChI=1S/C17H21N3O2S/c1-12(23-17-19-18-11-20(17)8-9-22-2)16(21)15-7-6-13-4-3-5-14(13)10-15/h6-7,10-12H,3-5,8-9H2,1-2H3/t12-/m1/s1. The van der Waals surface area contributed by atoms with Crippen LogP contribution in [0.25, 0.3) is 0 Å². The SMILES string of the molecule is COCCn1cnnc1S[C@H](C)C(=O)c1ccc2c(c1)CCC2. The first kappa shape index (κ1) is 16.2. The van der Waals surface area contributed by atoms with Crippen molar-refractivity contribution in [1.82, 2.24) is 14.8 Å². The Bertz CT molecular complexity index is 699. The molecule has 0 unspecified atom stereocenters. The van der Waals surface area contributed by atoms with E-state index in [0.717, 1.165) is 23.6 Å². The molecule has 0 saturated heterocycles. The van der Waals surface area contributed by atoms with Crippen molar-refractivity contribution in [2.24, 2.45) is 0 Å². The number of methoxy groups -OCH3 is 1. The number of benzene rings is 1. The second-order valence-electron chi connectivity index (χ2n) is 5.76. The lowest BCUT2D eigenvalue weighted by Gasteiger charge is -2.12. The predicted molar refractivity (Wildman–Crippen MR) is 90.0 cm³/mol. The highest BCUT2D eigenvalue weighted by atomic mass is 32.2. The van der Waals surface area contributed by atoms with Gasteiger partial charge in [0.05, 0.1) is 11.9 Å². The Kier molecular flexibility index (Phi) is 5.13. The quantitative estimate of drug-likeness (QED) is 0.577. The molecule has 0 spiro atoms. The van der Waals surface area contributed by atoms with Gasteiger partial charge in [0.15, 0.2) is 10.9 Å². The van der Waals surface area contributed by atoms with Crippen LogP contribution in [-0.2, 0) is 24.1 Å². The Hall–Kier alpha value is -1.66. The Morgan fingerprint density at radius 2 is 2.22 bits per heavy atom. The van der Waals surface area contributed by atoms with Gasteiger partial charge >= 0.3 is 0 Å². The molecule has 0 N–H and O–H groups in total. The van der Waals surface area contributed by atoms with Gasteiger partial charge in [0, 0.05) is 19.2 Å². The van der Waals surface area contributed by atoms with E-state index < -0.39 is 0 Å². The van der Waals surface area contributed by atoms with Crippen molar-refractivity contribution >= 4 is 17.5 Å². The molecule has 1 aromatic carbocycles. The lowest BCUT2D eigenvalue weighted by atomic mass is 10.0. The number of ether oxygens (including phenoxy) is 1. The van der Waals surface area contributed by atoms with Gasteiger partial charge in [-0.1, -0.05) is 23.9 Å². The minimum Gasteiger partial charge on any atom is -0.383 e. The van der Waals surface area contributed by atoms with Gasteiger partial charge in [-0.25, -0.2) is 0 Å². The summed E-state index contributed by atoms with van der Waals surface area (Å²) in [5.41, 5.74) is 3.52. The smallest absolute Gasteiger partial charge is 0.191 e. The zero-order chi connectivity index (χ0) is 16.2. The second-order valence-corrected chi connectivity index (χ2v) is 7.07. The van der Waals surface area contributed by atoms with Crippen LogP contribution in [-0.4, -0.2) is 39.5 Å². The molecule has 0 amide bonds. The monoisotopic (exact) mass is 331 g/mol. The lowest BCUT2D eigenvalue weighted by Crippen LogP contribution is -2.15. The van der Waals surface area contributed by atoms with Gasteiger partial charge in [-0.15, -0.1) is 10.2 Å². The summed E-state index contributed by atoms with van der Waals surface area (Å²) in [4.78, 5) is 12.7. The molecule has 1 heterocycles. The molecule has 1 atom stereocenters. The van der Waals surface area contributed by atoms with Crippen LogP contribution >= 0.6 is 11.8 Å². The average Bonchev–Trinajstić information content (AvgIpc) is 3.20. The van der Waals surface area contributed by atoms with Crippen molar-refractivity contribution in [2.75, 3.05) is 13.7 Å². The highest BCUT2D eigenvalue weighted by molar-refractivity contribution is 8.00. The number of thioether (sulfide) groups is 1. The van der Waals surface area contributed by atoms with Crippen molar-refractivity contribution in [3.05, 3.63) is 41.2 Å². The molecular weight excluding hydrogens is 310 g/mol. The Labute approximate surface area is 140 Å². The summed E-state index contributed by atoms with van der Waals surface area (Å²) >= 11 is 1.45. The minimum atomic E-state index is -0.194. The molecule has 0 fully saturated rings. The van der Waals surface area contributed by atoms with Crippen LogP contribution in [0.1, 0.15) is 34.8 Å². The molecule has 0 bridgehead atoms. The van der Waals surface area contributed by atoms with Crippen molar-refractivity contribution < 1.29 is 9.53 Å². The number of Topliss-reactive ketones (excluding diaryl/α,β-unsaturated/α-hetero) is 1. The van der Waals surface area contributed by atoms with E-state index in [0.29, 0.717) is 13.2 Å². The number of rotatable bonds is 7. The molecule has 6 heteroatoms. The average molecular weight is 331 g/mol. The van der Waals surface area contributed by atoms with Crippen LogP contribution in [0.4, 0.5) is 0 Å². The topological polar surface area (TPSA) is 57.0 Å². The summed E-state index contributed by atoms with van der Waals surface area (Å²) in [6.45, 7) is 3.21. The summed E-state index contributed by atoms with van der Waals surface area (Å²) in [6.07, 6.45) is 5.09. The predicted octanol–water partition coefficient (Wildman–Crippen LogP) is 2.78. The number of ketones is 1. The third kappa shape index (κ3) is 3.64. The van der Waals surface area contributed by atoms with Crippen LogP contribution in [0.5, 0.6) is 0 Å². The largest absolute Gasteiger partial charge is 0.383 e. The highest BCUT2D eigenvalue weighted by Gasteiger charge is 2.21. The molecule has 2 aromatic rings. The summed E-state index contributed by atoms with van der Waals surface area (Å²) in [6, 6.07) is 6.13. The maximum Gasteiger partial charge on any atom is 0.191 e. The van der Waals surface area contributed by atoms with Crippen LogP contribution in [0.2, 0.25) is 0 Å². The van der Waals surface area contributed by atoms with Crippen molar-refractivity contribution in [3.63, 3.8) is 0 Å². The first-order chi connectivity index (χ1) is 11.2. The fourth-order valence-corrected chi connectivity index (χ4v) is 3.78. The van der Waals surface area contributed by atoms with E-state index in [-0.39, 0.29) is 11.0 Å². The number of carbonyl (C=O) groups is 1. The van der Waals surface area contributed by atoms with E-state index in [4.69, 9.17) is 4.74 Å². The van der Waals surface area contributed by atoms with E-state index in [1.807, 2.05) is 17.6 Å². The third-order valence-corrected chi connectivity index (χ3v) is 5.25. The molecule has 1 aromatic heterocycles. The van der Waals surface area contributed by atoms with Crippen molar-refractivity contribution in [2.45, 2.75) is 43.1 Å². The highest BCUT2D eigenvalue weighted by Crippen LogP contribution is 2.27. The van der Waals surface area contributed by atoms with Gasteiger partial charge in [-0.2, -0.15) is 0 Å². The number of nitrogens with zero attached hydrogens (tertiary/aromatic N) is 3. The fraction of sp³-hybridized carbons (Fsp3) is 0.471. The summed E-state index contributed by atoms with van der Waals surface area (Å²) in [7, 11) is 1.66. The second kappa shape index (κ2) is 7.27. The number of aryl methyl sites for hydroxylation is 2. The molecule has 23 heavy (non-hydrogen) atoms. The normalized spacial score (nSPS) is 14.7. The van der Waals surface area contributed by atoms with Gasteiger partial charge in [0.1, 0.15) is 6.33 Å². The van der Waals surface area contributed by atoms with Crippen LogP contribution < -0.4 is 0 Å². The first-order valence-corrected chi connectivity index (χ1v) is 8.76. The Morgan fingerprint density at radius 3 is 3.04 bits per heavy atom. The number of fused-ring (bicyclic) bond motifs is 1. The van der Waals surface area contributed by atoms with Crippen molar-refractivity contribution in [1.29, 1.82) is 0 Å². The molecule has 3 rings (SSSR count). The zero-order valence-electron chi connectivity index (χ0n) is 13.5. The molecule has 0 aliphatic heterocycles. The summed E-state index contributed by atoms with van der Waals surface area (Å²) in [5, 5.41) is 8.60. The number of hydrogen-bond acceptors (Lipinski definition) is 5. The summed E-state index contributed by atoms with van der Waals surface area (Å²) in [5.74, 6) is 0.144. The molecule has 0 radical (unpaired) electrons. The zero-order valence-corrected chi connectivity index (χ0v) is 14.3. The molecule has 1 aliphatic carbocycles. The van der Waals surface area contributed by atoms with Crippen molar-refractivity contribution in [3.8, 4) is 0 Å². The van der Waals surface area contributed by atoms with E-state index in [9.17, 15) is 4.79 Å². The number of carbonyl (C=O) groups excluding carboxylic acids is 1. The van der Waals surface area contributed by atoms with Crippen LogP contribution in [0.3, 0.4) is 0 Å². The molecule has 5 nitrogen and oxygen atoms in total. The number of aromatic nitrogens is 3. The first-order valence-electron chi connectivity index (χ1n) is 7.88. The maximum absolute atomic E-state index is 12.7. The fourth-order valence-electron chi connectivity index (χ4n) is 2.85. The lowest BCUT2D eigenvalue weighted by molar-refractivity contribution is 0.0993. The molecule has 0 saturated carbocycles. The maximum atomic E-state index is 12.7. The summed E-state index contributed by atoms with van der Waals surface area (Å²) < 4.78 is 7.00. The van der Waals surface area contributed by atoms with Gasteiger partial charge in [-0.05, 0) is 43.4 Å². The Morgan fingerprint density at radius 1 is 1.39 bits per heavy atom. The van der Waals surface area contributed by atoms with Gasteiger partial charge < -0.3 is 9.30 Å². The molecule has 122 valence electrons. The van der Waals surface area contributed by atoms with Crippen LogP contribution in [0, 0.1) is 0 Å². The Balaban J connectivity index is 1.69. The van der Waals surface area contributed by atoms with Gasteiger partial charge in [0.25, 0.3) is 0 Å².